The van der Waals surface area contributed by atoms with Gasteiger partial charge in [-0.05, 0) is 24.3 Å². The Morgan fingerprint density at radius 2 is 2.00 bits per heavy atom. The van der Waals surface area contributed by atoms with E-state index in [-0.39, 0.29) is 10.9 Å². The molecule has 10 heteroatoms. The van der Waals surface area contributed by atoms with Crippen LogP contribution in [0.15, 0.2) is 47.9 Å². The zero-order valence-corrected chi connectivity index (χ0v) is 15.9. The molecule has 7 nitrogen and oxygen atoms in total. The predicted molar refractivity (Wildman–Crippen MR) is 109 cm³/mol. The van der Waals surface area contributed by atoms with E-state index in [1.165, 1.54) is 29.6 Å². The van der Waals surface area contributed by atoms with Crippen LogP contribution in [-0.4, -0.2) is 20.8 Å². The fraction of sp³-hybridized carbons (Fsp3) is 0. The molecule has 0 aliphatic carbocycles. The number of fused-ring (bicyclic) bond motifs is 1. The number of rotatable bonds is 5. The van der Waals surface area contributed by atoms with Gasteiger partial charge in [0.15, 0.2) is 5.13 Å². The molecule has 0 spiro atoms. The van der Waals surface area contributed by atoms with Crippen LogP contribution in [0.4, 0.5) is 10.1 Å². The van der Waals surface area contributed by atoms with Crippen LogP contribution in [0.2, 0.25) is 0 Å². The van der Waals surface area contributed by atoms with Crippen molar-refractivity contribution in [2.75, 3.05) is 5.32 Å². The number of hydrogen-bond acceptors (Lipinski definition) is 8. The highest BCUT2D eigenvalue weighted by molar-refractivity contribution is 7.22. The topological polar surface area (TPSA) is 98.0 Å². The van der Waals surface area contributed by atoms with E-state index in [1.54, 1.807) is 17.4 Å². The lowest BCUT2D eigenvalue weighted by molar-refractivity contribution is -0.380. The number of para-hydroxylation sites is 1. The standard InChI is InChI=1S/C17H10N4O3S3/c22-14(7-5-10-6-8-15(26-10)21(23)24)20-17-19-12(9-25-17)16-18-11-3-1-2-4-13(11)27-16/h1-9H,(H,19,20,22). The van der Waals surface area contributed by atoms with Gasteiger partial charge in [-0.3, -0.25) is 20.2 Å². The Morgan fingerprint density at radius 1 is 1.15 bits per heavy atom. The maximum atomic E-state index is 12.0. The normalized spacial score (nSPS) is 11.3. The fourth-order valence-electron chi connectivity index (χ4n) is 2.25. The Bertz CT molecular complexity index is 1140. The molecule has 0 fully saturated rings. The minimum absolute atomic E-state index is 0.0375. The third kappa shape index (κ3) is 3.92. The maximum Gasteiger partial charge on any atom is 0.324 e. The number of carbonyl (C=O) groups is 1. The van der Waals surface area contributed by atoms with Crippen molar-refractivity contribution in [3.8, 4) is 10.7 Å². The van der Waals surface area contributed by atoms with Gasteiger partial charge in [0.05, 0.1) is 15.1 Å². The van der Waals surface area contributed by atoms with Gasteiger partial charge < -0.3 is 0 Å². The largest absolute Gasteiger partial charge is 0.324 e. The van der Waals surface area contributed by atoms with Gasteiger partial charge in [-0.25, -0.2) is 9.97 Å². The van der Waals surface area contributed by atoms with Gasteiger partial charge in [-0.2, -0.15) is 0 Å². The summed E-state index contributed by atoms with van der Waals surface area (Å²) in [6, 6.07) is 10.9. The lowest BCUT2D eigenvalue weighted by Crippen LogP contribution is -2.07. The second-order valence-corrected chi connectivity index (χ2v) is 8.26. The van der Waals surface area contributed by atoms with E-state index in [1.807, 2.05) is 29.6 Å². The number of amides is 1. The molecule has 0 radical (unpaired) electrons. The van der Waals surface area contributed by atoms with Crippen molar-refractivity contribution in [2.45, 2.75) is 0 Å². The zero-order valence-electron chi connectivity index (χ0n) is 13.5. The molecule has 1 N–H and O–H groups in total. The van der Waals surface area contributed by atoms with Gasteiger partial charge in [0.1, 0.15) is 10.7 Å². The number of carbonyl (C=O) groups excluding carboxylic acids is 1. The quantitative estimate of drug-likeness (QED) is 0.280. The molecule has 0 saturated carbocycles. The number of hydrogen-bond donors (Lipinski definition) is 1. The highest BCUT2D eigenvalue weighted by Gasteiger charge is 2.11. The summed E-state index contributed by atoms with van der Waals surface area (Å²) in [6.07, 6.45) is 2.86. The molecule has 3 aromatic heterocycles. The van der Waals surface area contributed by atoms with Crippen LogP contribution in [0, 0.1) is 10.1 Å². The molecule has 0 atom stereocenters. The molecule has 0 bridgehead atoms. The van der Waals surface area contributed by atoms with E-state index >= 15 is 0 Å². The molecule has 0 unspecified atom stereocenters. The molecular formula is C17H10N4O3S3. The number of aromatic nitrogens is 2. The SMILES string of the molecule is O=C(C=Cc1ccc([N+](=O)[O-])s1)Nc1nc(-c2nc3ccccc3s2)cs1. The summed E-state index contributed by atoms with van der Waals surface area (Å²) < 4.78 is 1.08. The number of benzene rings is 1. The number of thiazole rings is 2. The van der Waals surface area contributed by atoms with Crippen LogP contribution >= 0.6 is 34.0 Å². The van der Waals surface area contributed by atoms with Gasteiger partial charge >= 0.3 is 5.00 Å². The van der Waals surface area contributed by atoms with Crippen molar-refractivity contribution in [1.29, 1.82) is 0 Å². The average molecular weight is 414 g/mol. The van der Waals surface area contributed by atoms with Crippen LogP contribution in [0.25, 0.3) is 27.0 Å². The van der Waals surface area contributed by atoms with Gasteiger partial charge in [-0.15, -0.1) is 22.7 Å². The molecule has 27 heavy (non-hydrogen) atoms. The smallest absolute Gasteiger partial charge is 0.298 e. The Kier molecular flexibility index (Phi) is 4.75. The van der Waals surface area contributed by atoms with Crippen LogP contribution < -0.4 is 5.32 Å². The molecule has 0 aliphatic rings. The lowest BCUT2D eigenvalue weighted by Gasteiger charge is -1.94. The molecule has 1 amide bonds. The van der Waals surface area contributed by atoms with Crippen molar-refractivity contribution in [3.63, 3.8) is 0 Å². The van der Waals surface area contributed by atoms with E-state index in [2.05, 4.69) is 15.3 Å². The summed E-state index contributed by atoms with van der Waals surface area (Å²) in [7, 11) is 0. The van der Waals surface area contributed by atoms with Crippen LogP contribution in [0.1, 0.15) is 4.88 Å². The molecule has 3 heterocycles. The van der Waals surface area contributed by atoms with Crippen molar-refractivity contribution in [3.05, 3.63) is 62.8 Å². The van der Waals surface area contributed by atoms with E-state index in [4.69, 9.17) is 0 Å². The number of nitro groups is 1. The van der Waals surface area contributed by atoms with Gasteiger partial charge in [0, 0.05) is 22.4 Å². The molecule has 134 valence electrons. The molecule has 0 aliphatic heterocycles. The summed E-state index contributed by atoms with van der Waals surface area (Å²) >= 11 is 3.87. The summed E-state index contributed by atoms with van der Waals surface area (Å²) in [6.45, 7) is 0. The summed E-state index contributed by atoms with van der Waals surface area (Å²) in [5.74, 6) is -0.351. The van der Waals surface area contributed by atoms with Crippen molar-refractivity contribution < 1.29 is 9.72 Å². The fourth-order valence-corrected chi connectivity index (χ4v) is 4.67. The Balaban J connectivity index is 1.44. The second-order valence-electron chi connectivity index (χ2n) is 5.28. The number of anilines is 1. The molecule has 4 aromatic rings. The molecule has 0 saturated heterocycles. The Hall–Kier alpha value is -2.95. The lowest BCUT2D eigenvalue weighted by atomic mass is 10.3. The molecule has 1 aromatic carbocycles. The van der Waals surface area contributed by atoms with Crippen LogP contribution in [0.3, 0.4) is 0 Å². The van der Waals surface area contributed by atoms with Crippen molar-refractivity contribution >= 4 is 66.3 Å². The van der Waals surface area contributed by atoms with E-state index in [0.717, 1.165) is 32.3 Å². The molecule has 4 rings (SSSR count). The summed E-state index contributed by atoms with van der Waals surface area (Å²) in [5, 5.41) is 16.5. The average Bonchev–Trinajstić information content (AvgIpc) is 3.38. The summed E-state index contributed by atoms with van der Waals surface area (Å²) in [5.41, 5.74) is 1.64. The van der Waals surface area contributed by atoms with E-state index in [0.29, 0.717) is 10.0 Å². The Morgan fingerprint density at radius 3 is 2.78 bits per heavy atom. The van der Waals surface area contributed by atoms with Gasteiger partial charge in [0.2, 0.25) is 5.91 Å². The van der Waals surface area contributed by atoms with E-state index < -0.39 is 4.92 Å². The van der Waals surface area contributed by atoms with E-state index in [9.17, 15) is 14.9 Å². The first-order valence-corrected chi connectivity index (χ1v) is 10.1. The van der Waals surface area contributed by atoms with Gasteiger partial charge in [0.25, 0.3) is 0 Å². The third-order valence-electron chi connectivity index (χ3n) is 3.44. The maximum absolute atomic E-state index is 12.0. The first-order chi connectivity index (χ1) is 13.1. The monoisotopic (exact) mass is 414 g/mol. The second kappa shape index (κ2) is 7.35. The zero-order chi connectivity index (χ0) is 18.8. The number of thiophene rings is 1. The minimum atomic E-state index is -0.457. The first kappa shape index (κ1) is 17.5. The number of nitrogens with one attached hydrogen (secondary N) is 1. The van der Waals surface area contributed by atoms with Crippen molar-refractivity contribution in [2.24, 2.45) is 0 Å². The van der Waals surface area contributed by atoms with Crippen LogP contribution in [-0.2, 0) is 4.79 Å². The third-order valence-corrected chi connectivity index (χ3v) is 6.26. The first-order valence-electron chi connectivity index (χ1n) is 7.63. The van der Waals surface area contributed by atoms with Gasteiger partial charge in [-0.1, -0.05) is 23.5 Å². The van der Waals surface area contributed by atoms with Crippen LogP contribution in [0.5, 0.6) is 0 Å². The highest BCUT2D eigenvalue weighted by Crippen LogP contribution is 2.32. The summed E-state index contributed by atoms with van der Waals surface area (Å²) in [4.78, 5) is 31.8. The minimum Gasteiger partial charge on any atom is -0.298 e. The number of nitrogens with zero attached hydrogens (tertiary/aromatic N) is 3. The predicted octanol–water partition coefficient (Wildman–Crippen LogP) is 5.04. The Labute approximate surface area is 164 Å². The molecular weight excluding hydrogens is 404 g/mol. The van der Waals surface area contributed by atoms with Crippen molar-refractivity contribution in [1.82, 2.24) is 9.97 Å². The highest BCUT2D eigenvalue weighted by atomic mass is 32.1.